The van der Waals surface area contributed by atoms with Gasteiger partial charge in [-0.05, 0) is 30.3 Å². The van der Waals surface area contributed by atoms with Crippen LogP contribution in [0.25, 0.3) is 11.4 Å². The van der Waals surface area contributed by atoms with Crippen molar-refractivity contribution in [1.82, 2.24) is 24.6 Å². The molecule has 1 aliphatic heterocycles. The zero-order valence-electron chi connectivity index (χ0n) is 16.9. The molecule has 0 saturated carbocycles. The molecule has 3 heterocycles. The van der Waals surface area contributed by atoms with Crippen LogP contribution >= 0.6 is 23.4 Å². The third kappa shape index (κ3) is 6.04. The Bertz CT molecular complexity index is 1010. The molecule has 0 unspecified atom stereocenters. The second-order valence-corrected chi connectivity index (χ2v) is 8.38. The Morgan fingerprint density at radius 1 is 1.16 bits per heavy atom. The maximum Gasteiger partial charge on any atom is 0.234 e. The molecule has 0 aliphatic carbocycles. The number of anilines is 1. The number of nitrogens with zero attached hydrogens (tertiary/aromatic N) is 5. The van der Waals surface area contributed by atoms with Gasteiger partial charge in [0.2, 0.25) is 5.91 Å². The number of nitrogens with one attached hydrogen (secondary N) is 1. The molecule has 1 fully saturated rings. The Kier molecular flexibility index (Phi) is 7.52. The lowest BCUT2D eigenvalue weighted by atomic mass is 10.2. The molecule has 0 bridgehead atoms. The molecule has 162 valence electrons. The van der Waals surface area contributed by atoms with Crippen molar-refractivity contribution >= 4 is 35.0 Å². The van der Waals surface area contributed by atoms with E-state index in [0.29, 0.717) is 15.9 Å². The van der Waals surface area contributed by atoms with Crippen molar-refractivity contribution in [3.8, 4) is 11.4 Å². The average Bonchev–Trinajstić information content (AvgIpc) is 3.20. The summed E-state index contributed by atoms with van der Waals surface area (Å²) in [6.45, 7) is 4.90. The van der Waals surface area contributed by atoms with Crippen molar-refractivity contribution in [3.05, 3.63) is 53.8 Å². The predicted molar refractivity (Wildman–Crippen MR) is 121 cm³/mol. The molecule has 1 aromatic carbocycles. The third-order valence-corrected chi connectivity index (χ3v) is 6.02. The minimum Gasteiger partial charge on any atom is -0.379 e. The van der Waals surface area contributed by atoms with Crippen LogP contribution in [0.4, 0.5) is 5.69 Å². The number of aromatic nitrogens is 4. The van der Waals surface area contributed by atoms with Crippen LogP contribution in [0.5, 0.6) is 0 Å². The number of benzene rings is 1. The molecule has 3 aromatic rings. The average molecular weight is 459 g/mol. The molecular weight excluding hydrogens is 436 g/mol. The lowest BCUT2D eigenvalue weighted by Crippen LogP contribution is -2.38. The van der Waals surface area contributed by atoms with Crippen LogP contribution in [-0.2, 0) is 16.1 Å². The maximum absolute atomic E-state index is 12.4. The Balaban J connectivity index is 1.45. The van der Waals surface area contributed by atoms with E-state index in [1.807, 2.05) is 12.1 Å². The summed E-state index contributed by atoms with van der Waals surface area (Å²) in [6, 6.07) is 10.9. The van der Waals surface area contributed by atoms with Crippen molar-refractivity contribution in [3.63, 3.8) is 0 Å². The first kappa shape index (κ1) is 21.8. The minimum absolute atomic E-state index is 0.127. The van der Waals surface area contributed by atoms with E-state index >= 15 is 0 Å². The summed E-state index contributed by atoms with van der Waals surface area (Å²) in [5.74, 6) is 0.840. The van der Waals surface area contributed by atoms with Crippen molar-refractivity contribution in [1.29, 1.82) is 0 Å². The van der Waals surface area contributed by atoms with E-state index in [2.05, 4.69) is 30.0 Å². The fraction of sp³-hybridized carbons (Fsp3) is 0.333. The number of hydrogen-bond acceptors (Lipinski definition) is 7. The third-order valence-electron chi connectivity index (χ3n) is 4.82. The zero-order chi connectivity index (χ0) is 21.5. The topological polar surface area (TPSA) is 85.2 Å². The number of rotatable bonds is 8. The summed E-state index contributed by atoms with van der Waals surface area (Å²) >= 11 is 7.35. The second-order valence-electron chi connectivity index (χ2n) is 7.00. The molecule has 8 nitrogen and oxygen atoms in total. The molecule has 1 saturated heterocycles. The van der Waals surface area contributed by atoms with Crippen LogP contribution < -0.4 is 5.32 Å². The fourth-order valence-corrected chi connectivity index (χ4v) is 4.22. The highest BCUT2D eigenvalue weighted by Crippen LogP contribution is 2.24. The molecule has 1 aliphatic rings. The van der Waals surface area contributed by atoms with Crippen molar-refractivity contribution < 1.29 is 9.53 Å². The molecule has 0 radical (unpaired) electrons. The van der Waals surface area contributed by atoms with Crippen molar-refractivity contribution in [2.75, 3.05) is 43.9 Å². The van der Waals surface area contributed by atoms with Gasteiger partial charge in [0.1, 0.15) is 0 Å². The largest absolute Gasteiger partial charge is 0.379 e. The van der Waals surface area contributed by atoms with Crippen LogP contribution in [0.15, 0.2) is 53.9 Å². The molecule has 2 aromatic heterocycles. The summed E-state index contributed by atoms with van der Waals surface area (Å²) in [5, 5.41) is 12.9. The van der Waals surface area contributed by atoms with Gasteiger partial charge in [0, 0.05) is 54.8 Å². The molecule has 0 atom stereocenters. The summed E-state index contributed by atoms with van der Waals surface area (Å²) in [7, 11) is 0. The number of carbonyl (C=O) groups is 1. The van der Waals surface area contributed by atoms with Gasteiger partial charge in [0.25, 0.3) is 0 Å². The predicted octanol–water partition coefficient (Wildman–Crippen LogP) is 3.06. The summed E-state index contributed by atoms with van der Waals surface area (Å²) in [6.07, 6.45) is 3.50. The van der Waals surface area contributed by atoms with Gasteiger partial charge in [-0.1, -0.05) is 29.4 Å². The Labute approximate surface area is 190 Å². The highest BCUT2D eigenvalue weighted by molar-refractivity contribution is 7.99. The van der Waals surface area contributed by atoms with Gasteiger partial charge in [-0.25, -0.2) is 0 Å². The van der Waals surface area contributed by atoms with E-state index in [4.69, 9.17) is 16.3 Å². The van der Waals surface area contributed by atoms with Gasteiger partial charge < -0.3 is 14.6 Å². The van der Waals surface area contributed by atoms with Gasteiger partial charge in [-0.3, -0.25) is 14.7 Å². The van der Waals surface area contributed by atoms with Crippen LogP contribution in [-0.4, -0.2) is 69.2 Å². The molecule has 31 heavy (non-hydrogen) atoms. The van der Waals surface area contributed by atoms with Crippen molar-refractivity contribution in [2.24, 2.45) is 0 Å². The number of pyridine rings is 1. The van der Waals surface area contributed by atoms with Crippen molar-refractivity contribution in [2.45, 2.75) is 11.7 Å². The molecule has 4 rings (SSSR count). The van der Waals surface area contributed by atoms with Gasteiger partial charge in [-0.2, -0.15) is 0 Å². The number of halogens is 1. The number of amides is 1. The van der Waals surface area contributed by atoms with Crippen LogP contribution in [0.3, 0.4) is 0 Å². The number of morpholine rings is 1. The van der Waals surface area contributed by atoms with Crippen LogP contribution in [0, 0.1) is 0 Å². The molecular formula is C21H23ClN6O2S. The summed E-state index contributed by atoms with van der Waals surface area (Å²) in [5.41, 5.74) is 1.56. The number of thioether (sulfide) groups is 1. The minimum atomic E-state index is -0.127. The first-order chi connectivity index (χ1) is 15.2. The standard InChI is InChI=1S/C21H23ClN6O2S/c22-17-4-1-5-18(13-17)24-19(29)15-31-21-26-25-20(16-3-2-6-23-14-16)28(21)8-7-27-9-11-30-12-10-27/h1-6,13-14H,7-12,15H2,(H,24,29). The molecule has 1 amide bonds. The summed E-state index contributed by atoms with van der Waals surface area (Å²) in [4.78, 5) is 19.0. The quantitative estimate of drug-likeness (QED) is 0.519. The number of ether oxygens (including phenoxy) is 1. The highest BCUT2D eigenvalue weighted by Gasteiger charge is 2.18. The Morgan fingerprint density at radius 2 is 2.03 bits per heavy atom. The SMILES string of the molecule is O=C(CSc1nnc(-c2cccnc2)n1CCN1CCOCC1)Nc1cccc(Cl)c1. The lowest BCUT2D eigenvalue weighted by Gasteiger charge is -2.26. The second kappa shape index (κ2) is 10.7. The first-order valence-electron chi connectivity index (χ1n) is 10.0. The van der Waals surface area contributed by atoms with Gasteiger partial charge in [-0.15, -0.1) is 10.2 Å². The monoisotopic (exact) mass is 458 g/mol. The van der Waals surface area contributed by atoms with E-state index in [1.54, 1.807) is 36.7 Å². The fourth-order valence-electron chi connectivity index (χ4n) is 3.27. The first-order valence-corrected chi connectivity index (χ1v) is 11.4. The zero-order valence-corrected chi connectivity index (χ0v) is 18.5. The van der Waals surface area contributed by atoms with E-state index < -0.39 is 0 Å². The number of carbonyl (C=O) groups excluding carboxylic acids is 1. The van der Waals surface area contributed by atoms with E-state index in [1.165, 1.54) is 11.8 Å². The van der Waals surface area contributed by atoms with Gasteiger partial charge in [0.05, 0.1) is 19.0 Å². The molecule has 1 N–H and O–H groups in total. The smallest absolute Gasteiger partial charge is 0.234 e. The van der Waals surface area contributed by atoms with E-state index in [0.717, 1.165) is 50.8 Å². The van der Waals surface area contributed by atoms with E-state index in [9.17, 15) is 4.79 Å². The maximum atomic E-state index is 12.4. The van der Waals surface area contributed by atoms with Gasteiger partial charge >= 0.3 is 0 Å². The Morgan fingerprint density at radius 3 is 2.81 bits per heavy atom. The molecule has 0 spiro atoms. The van der Waals surface area contributed by atoms with Crippen LogP contribution in [0.2, 0.25) is 5.02 Å². The Hall–Kier alpha value is -2.46. The summed E-state index contributed by atoms with van der Waals surface area (Å²) < 4.78 is 7.50. The van der Waals surface area contributed by atoms with Crippen LogP contribution in [0.1, 0.15) is 0 Å². The van der Waals surface area contributed by atoms with E-state index in [-0.39, 0.29) is 11.7 Å². The lowest BCUT2D eigenvalue weighted by molar-refractivity contribution is -0.113. The highest BCUT2D eigenvalue weighted by atomic mass is 35.5. The molecule has 10 heteroatoms. The normalized spacial score (nSPS) is 14.5. The van der Waals surface area contributed by atoms with Gasteiger partial charge in [0.15, 0.2) is 11.0 Å². The number of hydrogen-bond donors (Lipinski definition) is 1.